The van der Waals surface area contributed by atoms with E-state index in [4.69, 9.17) is 0 Å². The number of hydrogen-bond acceptors (Lipinski definition) is 4. The first-order valence-electron chi connectivity index (χ1n) is 6.36. The smallest absolute Gasteiger partial charge is 0.240 e. The van der Waals surface area contributed by atoms with Crippen molar-refractivity contribution in [3.8, 4) is 0 Å². The van der Waals surface area contributed by atoms with Crippen LogP contribution in [0.1, 0.15) is 31.4 Å². The number of amides is 2. The highest BCUT2D eigenvalue weighted by atomic mass is 16.2. The molecule has 0 aromatic carbocycles. The Hall–Kier alpha value is -1.78. The first-order valence-corrected chi connectivity index (χ1v) is 6.36. The predicted octanol–water partition coefficient (Wildman–Crippen LogP) is 1.46. The molecule has 5 heteroatoms. The molecule has 0 radical (unpaired) electrons. The third kappa shape index (κ3) is 1.62. The van der Waals surface area contributed by atoms with Gasteiger partial charge in [0.25, 0.3) is 0 Å². The van der Waals surface area contributed by atoms with E-state index < -0.39 is 0 Å². The minimum Gasteiger partial charge on any atom is -0.274 e. The normalized spacial score (nSPS) is 27.5. The van der Waals surface area contributed by atoms with Crippen molar-refractivity contribution >= 4 is 17.8 Å². The molecule has 0 bridgehead atoms. The monoisotopic (exact) mass is 245 g/mol. The van der Waals surface area contributed by atoms with E-state index in [9.17, 15) is 9.59 Å². The summed E-state index contributed by atoms with van der Waals surface area (Å²) in [7, 11) is 0. The van der Waals surface area contributed by atoms with Gasteiger partial charge < -0.3 is 0 Å². The zero-order valence-corrected chi connectivity index (χ0v) is 10.3. The molecule has 2 heterocycles. The van der Waals surface area contributed by atoms with E-state index in [1.54, 1.807) is 12.3 Å². The number of imide groups is 1. The van der Waals surface area contributed by atoms with E-state index in [2.05, 4.69) is 9.97 Å². The van der Waals surface area contributed by atoms with Crippen LogP contribution in [0.4, 0.5) is 5.95 Å². The Bertz CT molecular complexity index is 491. The lowest BCUT2D eigenvalue weighted by atomic mass is 9.81. The number of anilines is 1. The number of carbonyl (C=O) groups excluding carboxylic acids is 2. The topological polar surface area (TPSA) is 63.2 Å². The van der Waals surface area contributed by atoms with Crippen molar-refractivity contribution in [3.63, 3.8) is 0 Å². The van der Waals surface area contributed by atoms with Crippen molar-refractivity contribution in [3.05, 3.63) is 18.0 Å². The Balaban J connectivity index is 1.97. The molecule has 1 aliphatic carbocycles. The van der Waals surface area contributed by atoms with Crippen LogP contribution in [0, 0.1) is 18.8 Å². The van der Waals surface area contributed by atoms with Crippen LogP contribution < -0.4 is 4.90 Å². The molecule has 1 aliphatic heterocycles. The van der Waals surface area contributed by atoms with Gasteiger partial charge in [0.2, 0.25) is 17.8 Å². The van der Waals surface area contributed by atoms with Crippen molar-refractivity contribution in [1.82, 2.24) is 9.97 Å². The first kappa shape index (κ1) is 11.3. The second-order valence-electron chi connectivity index (χ2n) is 5.01. The van der Waals surface area contributed by atoms with E-state index in [0.717, 1.165) is 31.4 Å². The molecule has 3 rings (SSSR count). The van der Waals surface area contributed by atoms with E-state index in [-0.39, 0.29) is 29.6 Å². The molecular weight excluding hydrogens is 230 g/mol. The molecule has 1 aromatic rings. The Morgan fingerprint density at radius 3 is 2.33 bits per heavy atom. The van der Waals surface area contributed by atoms with Gasteiger partial charge in [0, 0.05) is 11.9 Å². The summed E-state index contributed by atoms with van der Waals surface area (Å²) < 4.78 is 0. The minimum absolute atomic E-state index is 0.115. The van der Waals surface area contributed by atoms with Gasteiger partial charge in [-0.1, -0.05) is 12.8 Å². The zero-order chi connectivity index (χ0) is 12.7. The van der Waals surface area contributed by atoms with Gasteiger partial charge in [-0.05, 0) is 25.8 Å². The summed E-state index contributed by atoms with van der Waals surface area (Å²) in [6, 6.07) is 1.75. The molecule has 2 amide bonds. The van der Waals surface area contributed by atoms with Crippen molar-refractivity contribution in [2.75, 3.05) is 4.90 Å². The lowest BCUT2D eigenvalue weighted by molar-refractivity contribution is -0.122. The summed E-state index contributed by atoms with van der Waals surface area (Å²) in [6.45, 7) is 1.82. The number of carbonyl (C=O) groups is 2. The van der Waals surface area contributed by atoms with Gasteiger partial charge in [0.1, 0.15) is 0 Å². The number of aryl methyl sites for hydroxylation is 1. The molecule has 1 saturated carbocycles. The fraction of sp³-hybridized carbons (Fsp3) is 0.538. The fourth-order valence-electron chi connectivity index (χ4n) is 2.90. The van der Waals surface area contributed by atoms with E-state index in [1.165, 1.54) is 4.90 Å². The van der Waals surface area contributed by atoms with E-state index in [1.807, 2.05) is 6.92 Å². The Kier molecular flexibility index (Phi) is 2.61. The van der Waals surface area contributed by atoms with Gasteiger partial charge in [0.15, 0.2) is 0 Å². The van der Waals surface area contributed by atoms with Crippen LogP contribution in [0.5, 0.6) is 0 Å². The number of aromatic nitrogens is 2. The molecule has 94 valence electrons. The van der Waals surface area contributed by atoms with Gasteiger partial charge in [-0.15, -0.1) is 0 Å². The van der Waals surface area contributed by atoms with Crippen LogP contribution in [-0.4, -0.2) is 21.8 Å². The highest BCUT2D eigenvalue weighted by molar-refractivity contribution is 6.21. The molecule has 2 aliphatic rings. The van der Waals surface area contributed by atoms with Crippen molar-refractivity contribution in [1.29, 1.82) is 0 Å². The third-order valence-corrected chi connectivity index (χ3v) is 3.82. The zero-order valence-electron chi connectivity index (χ0n) is 10.3. The molecule has 2 fully saturated rings. The third-order valence-electron chi connectivity index (χ3n) is 3.82. The van der Waals surface area contributed by atoms with Gasteiger partial charge in [-0.25, -0.2) is 14.9 Å². The second-order valence-corrected chi connectivity index (χ2v) is 5.01. The Morgan fingerprint density at radius 2 is 1.78 bits per heavy atom. The first-order chi connectivity index (χ1) is 8.68. The molecule has 1 saturated heterocycles. The lowest BCUT2D eigenvalue weighted by Gasteiger charge is -2.19. The molecule has 5 nitrogen and oxygen atoms in total. The second kappa shape index (κ2) is 4.15. The van der Waals surface area contributed by atoms with Crippen molar-refractivity contribution in [2.45, 2.75) is 32.6 Å². The molecule has 0 spiro atoms. The number of hydrogen-bond donors (Lipinski definition) is 0. The number of rotatable bonds is 1. The number of fused-ring (bicyclic) bond motifs is 1. The quantitative estimate of drug-likeness (QED) is 0.703. The maximum Gasteiger partial charge on any atom is 0.240 e. The van der Waals surface area contributed by atoms with Crippen LogP contribution in [0.25, 0.3) is 0 Å². The predicted molar refractivity (Wildman–Crippen MR) is 64.7 cm³/mol. The summed E-state index contributed by atoms with van der Waals surface area (Å²) in [5.41, 5.74) is 0.760. The van der Waals surface area contributed by atoms with Crippen molar-refractivity contribution in [2.24, 2.45) is 11.8 Å². The van der Waals surface area contributed by atoms with Crippen LogP contribution >= 0.6 is 0 Å². The molecule has 2 atom stereocenters. The van der Waals surface area contributed by atoms with Crippen LogP contribution in [0.3, 0.4) is 0 Å². The number of nitrogens with zero attached hydrogens (tertiary/aromatic N) is 3. The summed E-state index contributed by atoms with van der Waals surface area (Å²) >= 11 is 0. The standard InChI is InChI=1S/C13H15N3O2/c1-8-6-7-14-13(15-8)16-11(17)9-4-2-3-5-10(9)12(16)18/h6-7,9-10H,2-5H2,1H3. The lowest BCUT2D eigenvalue weighted by Crippen LogP contribution is -2.32. The van der Waals surface area contributed by atoms with Crippen LogP contribution in [0.2, 0.25) is 0 Å². The minimum atomic E-state index is -0.143. The summed E-state index contributed by atoms with van der Waals surface area (Å²) in [5, 5.41) is 0. The van der Waals surface area contributed by atoms with Gasteiger partial charge in [0.05, 0.1) is 11.8 Å². The van der Waals surface area contributed by atoms with Gasteiger partial charge >= 0.3 is 0 Å². The van der Waals surface area contributed by atoms with E-state index in [0.29, 0.717) is 0 Å². The van der Waals surface area contributed by atoms with Crippen LogP contribution in [-0.2, 0) is 9.59 Å². The van der Waals surface area contributed by atoms with Gasteiger partial charge in [-0.2, -0.15) is 0 Å². The largest absolute Gasteiger partial charge is 0.274 e. The van der Waals surface area contributed by atoms with Crippen molar-refractivity contribution < 1.29 is 9.59 Å². The summed E-state index contributed by atoms with van der Waals surface area (Å²) in [4.78, 5) is 34.0. The van der Waals surface area contributed by atoms with E-state index >= 15 is 0 Å². The average molecular weight is 245 g/mol. The molecule has 2 unspecified atom stereocenters. The molecule has 0 N–H and O–H groups in total. The fourth-order valence-corrected chi connectivity index (χ4v) is 2.90. The SMILES string of the molecule is Cc1ccnc(N2C(=O)C3CCCCC3C2=O)n1. The Labute approximate surface area is 105 Å². The van der Waals surface area contributed by atoms with Gasteiger partial charge in [-0.3, -0.25) is 9.59 Å². The Morgan fingerprint density at radius 1 is 1.17 bits per heavy atom. The maximum absolute atomic E-state index is 12.3. The molecule has 1 aromatic heterocycles. The average Bonchev–Trinajstić information content (AvgIpc) is 2.63. The highest BCUT2D eigenvalue weighted by Gasteiger charge is 2.49. The van der Waals surface area contributed by atoms with Crippen LogP contribution in [0.15, 0.2) is 12.3 Å². The summed E-state index contributed by atoms with van der Waals surface area (Å²) in [5.74, 6) is -0.282. The maximum atomic E-state index is 12.3. The summed E-state index contributed by atoms with van der Waals surface area (Å²) in [6.07, 6.45) is 5.28. The molecule has 18 heavy (non-hydrogen) atoms. The highest BCUT2D eigenvalue weighted by Crippen LogP contribution is 2.39. The molecular formula is C13H15N3O2.